The van der Waals surface area contributed by atoms with E-state index in [1.807, 2.05) is 0 Å². The maximum atomic E-state index is 12.3. The molecule has 1 aliphatic heterocycles. The molecule has 0 aromatic heterocycles. The van der Waals surface area contributed by atoms with Crippen LogP contribution >= 0.6 is 23.2 Å². The van der Waals surface area contributed by atoms with E-state index in [1.165, 1.54) is 18.2 Å². The lowest BCUT2D eigenvalue weighted by atomic mass is 9.98. The number of nitriles is 1. The smallest absolute Gasteiger partial charge is 0.223 e. The van der Waals surface area contributed by atoms with Gasteiger partial charge in [-0.1, -0.05) is 23.2 Å². The lowest BCUT2D eigenvalue weighted by Gasteiger charge is -2.29. The molecule has 0 radical (unpaired) electrons. The van der Waals surface area contributed by atoms with Crippen LogP contribution in [0.25, 0.3) is 0 Å². The second-order valence-corrected chi connectivity index (χ2v) is 8.35. The first-order chi connectivity index (χ1) is 10.8. The zero-order valence-electron chi connectivity index (χ0n) is 12.3. The van der Waals surface area contributed by atoms with Crippen LogP contribution in [0, 0.1) is 17.2 Å². The molecule has 0 bridgehead atoms. The van der Waals surface area contributed by atoms with Crippen molar-refractivity contribution < 1.29 is 13.2 Å². The SMILES string of the molecule is N#CC1CCN(C(=O)CCS(=O)(=O)c2ccc(Cl)c(Cl)c2)CC1. The summed E-state index contributed by atoms with van der Waals surface area (Å²) in [5, 5.41) is 9.29. The van der Waals surface area contributed by atoms with E-state index in [1.54, 1.807) is 4.90 Å². The van der Waals surface area contributed by atoms with E-state index in [9.17, 15) is 13.2 Å². The van der Waals surface area contributed by atoms with E-state index in [-0.39, 0.29) is 38.9 Å². The van der Waals surface area contributed by atoms with E-state index >= 15 is 0 Å². The third-order valence-corrected chi connectivity index (χ3v) is 6.32. The summed E-state index contributed by atoms with van der Waals surface area (Å²) in [5.74, 6) is -0.494. The van der Waals surface area contributed by atoms with Crippen LogP contribution in [0.2, 0.25) is 10.0 Å². The first-order valence-corrected chi connectivity index (χ1v) is 9.59. The van der Waals surface area contributed by atoms with Gasteiger partial charge in [0.15, 0.2) is 9.84 Å². The second-order valence-electron chi connectivity index (χ2n) is 5.43. The Bertz CT molecular complexity index is 736. The summed E-state index contributed by atoms with van der Waals surface area (Å²) >= 11 is 11.6. The van der Waals surface area contributed by atoms with Gasteiger partial charge in [-0.3, -0.25) is 4.79 Å². The van der Waals surface area contributed by atoms with Gasteiger partial charge >= 0.3 is 0 Å². The molecule has 1 amide bonds. The molecule has 0 atom stereocenters. The number of sulfone groups is 1. The van der Waals surface area contributed by atoms with Crippen molar-refractivity contribution in [1.82, 2.24) is 4.90 Å². The van der Waals surface area contributed by atoms with Crippen LogP contribution in [-0.2, 0) is 14.6 Å². The minimum atomic E-state index is -3.59. The molecule has 0 spiro atoms. The number of carbonyl (C=O) groups excluding carboxylic acids is 1. The zero-order chi connectivity index (χ0) is 17.0. The fourth-order valence-electron chi connectivity index (χ4n) is 2.43. The van der Waals surface area contributed by atoms with Gasteiger partial charge in [0.1, 0.15) is 0 Å². The summed E-state index contributed by atoms with van der Waals surface area (Å²) in [6.07, 6.45) is 1.20. The van der Waals surface area contributed by atoms with Gasteiger partial charge in [0, 0.05) is 25.4 Å². The molecule has 1 heterocycles. The number of hydrogen-bond donors (Lipinski definition) is 0. The fraction of sp³-hybridized carbons (Fsp3) is 0.467. The molecule has 23 heavy (non-hydrogen) atoms. The number of halogens is 2. The van der Waals surface area contributed by atoms with Crippen molar-refractivity contribution >= 4 is 38.9 Å². The molecule has 0 N–H and O–H groups in total. The van der Waals surface area contributed by atoms with Crippen molar-refractivity contribution in [3.8, 4) is 6.07 Å². The predicted molar refractivity (Wildman–Crippen MR) is 88.0 cm³/mol. The maximum Gasteiger partial charge on any atom is 0.223 e. The normalized spacial score (nSPS) is 16.1. The van der Waals surface area contributed by atoms with Gasteiger partial charge in [0.05, 0.1) is 26.8 Å². The van der Waals surface area contributed by atoms with Crippen LogP contribution in [0.5, 0.6) is 0 Å². The molecule has 124 valence electrons. The van der Waals surface area contributed by atoms with Crippen molar-refractivity contribution in [3.63, 3.8) is 0 Å². The molecular formula is C15H16Cl2N2O3S. The Hall–Kier alpha value is -1.29. The van der Waals surface area contributed by atoms with Crippen molar-refractivity contribution in [2.24, 2.45) is 5.92 Å². The lowest BCUT2D eigenvalue weighted by Crippen LogP contribution is -2.38. The number of nitrogens with zero attached hydrogens (tertiary/aromatic N) is 2. The standard InChI is InChI=1S/C15H16Cl2N2O3S/c16-13-2-1-12(9-14(13)17)23(21,22)8-5-15(20)19-6-3-11(10-18)4-7-19/h1-2,9,11H,3-8H2. The highest BCUT2D eigenvalue weighted by Gasteiger charge is 2.24. The minimum absolute atomic E-state index is 0.0148. The molecule has 1 aliphatic rings. The Kier molecular flexibility index (Phi) is 5.90. The Morgan fingerprint density at radius 1 is 1.26 bits per heavy atom. The largest absolute Gasteiger partial charge is 0.343 e. The third kappa shape index (κ3) is 4.60. The molecule has 0 saturated carbocycles. The summed E-state index contributed by atoms with van der Waals surface area (Å²) in [6.45, 7) is 1.01. The van der Waals surface area contributed by atoms with Gasteiger partial charge in [-0.25, -0.2) is 8.42 Å². The minimum Gasteiger partial charge on any atom is -0.343 e. The van der Waals surface area contributed by atoms with Crippen molar-refractivity contribution in [2.75, 3.05) is 18.8 Å². The van der Waals surface area contributed by atoms with Gasteiger partial charge in [-0.2, -0.15) is 5.26 Å². The summed E-state index contributed by atoms with van der Waals surface area (Å²) < 4.78 is 24.5. The number of amides is 1. The van der Waals surface area contributed by atoms with Crippen molar-refractivity contribution in [1.29, 1.82) is 5.26 Å². The molecule has 1 aromatic carbocycles. The zero-order valence-corrected chi connectivity index (χ0v) is 14.7. The maximum absolute atomic E-state index is 12.3. The van der Waals surface area contributed by atoms with E-state index < -0.39 is 9.84 Å². The summed E-state index contributed by atoms with van der Waals surface area (Å²) in [5.41, 5.74) is 0. The Labute approximate surface area is 145 Å². The topological polar surface area (TPSA) is 78.2 Å². The van der Waals surface area contributed by atoms with Crippen LogP contribution in [0.1, 0.15) is 19.3 Å². The highest BCUT2D eigenvalue weighted by atomic mass is 35.5. The third-order valence-electron chi connectivity index (χ3n) is 3.87. The summed E-state index contributed by atoms with van der Waals surface area (Å²) in [7, 11) is -3.59. The number of rotatable bonds is 4. The number of piperidine rings is 1. The quantitative estimate of drug-likeness (QED) is 0.811. The number of hydrogen-bond acceptors (Lipinski definition) is 4. The van der Waals surface area contributed by atoms with E-state index in [2.05, 4.69) is 6.07 Å². The number of likely N-dealkylation sites (tertiary alicyclic amines) is 1. The predicted octanol–water partition coefficient (Wildman–Crippen LogP) is 2.92. The molecule has 0 aliphatic carbocycles. The van der Waals surface area contributed by atoms with Crippen LogP contribution in [0.3, 0.4) is 0 Å². The Morgan fingerprint density at radius 3 is 2.48 bits per heavy atom. The Morgan fingerprint density at radius 2 is 1.91 bits per heavy atom. The van der Waals surface area contributed by atoms with Gasteiger partial charge in [-0.05, 0) is 31.0 Å². The van der Waals surface area contributed by atoms with Crippen LogP contribution in [0.15, 0.2) is 23.1 Å². The van der Waals surface area contributed by atoms with E-state index in [4.69, 9.17) is 28.5 Å². The van der Waals surface area contributed by atoms with Crippen LogP contribution in [0.4, 0.5) is 0 Å². The van der Waals surface area contributed by atoms with Gasteiger partial charge in [0.25, 0.3) is 0 Å². The molecule has 8 heteroatoms. The molecule has 1 fully saturated rings. The molecule has 1 saturated heterocycles. The average Bonchev–Trinajstić information content (AvgIpc) is 2.55. The molecule has 2 rings (SSSR count). The summed E-state index contributed by atoms with van der Waals surface area (Å²) in [6, 6.07) is 6.29. The van der Waals surface area contributed by atoms with Crippen LogP contribution < -0.4 is 0 Å². The Balaban J connectivity index is 1.95. The van der Waals surface area contributed by atoms with Gasteiger partial charge < -0.3 is 4.90 Å². The lowest BCUT2D eigenvalue weighted by molar-refractivity contribution is -0.131. The molecule has 1 aromatic rings. The average molecular weight is 375 g/mol. The first-order valence-electron chi connectivity index (χ1n) is 7.18. The van der Waals surface area contributed by atoms with Gasteiger partial charge in [0.2, 0.25) is 5.91 Å². The van der Waals surface area contributed by atoms with Crippen molar-refractivity contribution in [3.05, 3.63) is 28.2 Å². The molecule has 0 unspecified atom stereocenters. The number of benzene rings is 1. The molecule has 5 nitrogen and oxygen atoms in total. The molecular weight excluding hydrogens is 359 g/mol. The highest BCUT2D eigenvalue weighted by Crippen LogP contribution is 2.25. The van der Waals surface area contributed by atoms with Crippen molar-refractivity contribution in [2.45, 2.75) is 24.2 Å². The summed E-state index contributed by atoms with van der Waals surface area (Å²) in [4.78, 5) is 13.8. The van der Waals surface area contributed by atoms with E-state index in [0.29, 0.717) is 25.9 Å². The van der Waals surface area contributed by atoms with E-state index in [0.717, 1.165) is 0 Å². The highest BCUT2D eigenvalue weighted by molar-refractivity contribution is 7.91. The van der Waals surface area contributed by atoms with Gasteiger partial charge in [-0.15, -0.1) is 0 Å². The fourth-order valence-corrected chi connectivity index (χ4v) is 4.04. The van der Waals surface area contributed by atoms with Crippen LogP contribution in [-0.4, -0.2) is 38.1 Å². The second kappa shape index (κ2) is 7.52. The first kappa shape index (κ1) is 18.1. The number of carbonyl (C=O) groups is 1. The monoisotopic (exact) mass is 374 g/mol.